The first-order valence-corrected chi connectivity index (χ1v) is 13.2. The third kappa shape index (κ3) is 3.82. The number of methoxy groups -OCH3 is 1. The highest BCUT2D eigenvalue weighted by Gasteiger charge is 2.22. The van der Waals surface area contributed by atoms with Gasteiger partial charge in [0.2, 0.25) is 0 Å². The van der Waals surface area contributed by atoms with Gasteiger partial charge in [0.25, 0.3) is 5.56 Å². The Bertz CT molecular complexity index is 1360. The van der Waals surface area contributed by atoms with Crippen LogP contribution in [0, 0.1) is 0 Å². The fraction of sp³-hybridized carbons (Fsp3) is 0.348. The van der Waals surface area contributed by atoms with Gasteiger partial charge < -0.3 is 9.47 Å². The first-order valence-electron chi connectivity index (χ1n) is 10.5. The Morgan fingerprint density at radius 3 is 2.91 bits per heavy atom. The zero-order valence-corrected chi connectivity index (χ0v) is 20.6. The van der Waals surface area contributed by atoms with Crippen molar-refractivity contribution in [2.24, 2.45) is 7.05 Å². The number of aromatic nitrogens is 3. The van der Waals surface area contributed by atoms with Gasteiger partial charge in [-0.2, -0.15) is 0 Å². The van der Waals surface area contributed by atoms with E-state index in [9.17, 15) is 4.79 Å². The number of thiazole rings is 1. The number of aryl methyl sites for hydroxylation is 2. The van der Waals surface area contributed by atoms with Gasteiger partial charge >= 0.3 is 0 Å². The van der Waals surface area contributed by atoms with E-state index < -0.39 is 0 Å². The van der Waals surface area contributed by atoms with E-state index in [0.717, 1.165) is 56.7 Å². The lowest BCUT2D eigenvalue weighted by atomic mass is 10.2. The molecule has 0 aliphatic heterocycles. The van der Waals surface area contributed by atoms with Crippen molar-refractivity contribution in [1.29, 1.82) is 0 Å². The van der Waals surface area contributed by atoms with Crippen molar-refractivity contribution in [3.8, 4) is 22.1 Å². The summed E-state index contributed by atoms with van der Waals surface area (Å²) in [6.45, 7) is 2.54. The monoisotopic (exact) mass is 485 g/mol. The van der Waals surface area contributed by atoms with E-state index in [1.807, 2.05) is 32.2 Å². The molecule has 0 N–H and O–H groups in total. The van der Waals surface area contributed by atoms with Gasteiger partial charge in [0, 0.05) is 28.6 Å². The van der Waals surface area contributed by atoms with Crippen LogP contribution in [-0.2, 0) is 25.6 Å². The quantitative estimate of drug-likeness (QED) is 0.261. The summed E-state index contributed by atoms with van der Waals surface area (Å²) in [7, 11) is 3.46. The Morgan fingerprint density at radius 2 is 2.09 bits per heavy atom. The molecule has 0 spiro atoms. The molecule has 3 heterocycles. The molecule has 0 radical (unpaired) electrons. The van der Waals surface area contributed by atoms with Gasteiger partial charge in [-0.05, 0) is 49.9 Å². The maximum Gasteiger partial charge on any atom is 0.262 e. The summed E-state index contributed by atoms with van der Waals surface area (Å²) in [4.78, 5) is 24.8. The normalized spacial score (nSPS) is 13.0. The van der Waals surface area contributed by atoms with Gasteiger partial charge in [0.05, 0.1) is 24.8 Å². The lowest BCUT2D eigenvalue weighted by molar-refractivity contribution is 0.311. The molecule has 1 aromatic carbocycles. The van der Waals surface area contributed by atoms with Crippen LogP contribution < -0.4 is 15.0 Å². The van der Waals surface area contributed by atoms with Gasteiger partial charge in [0.15, 0.2) is 16.7 Å². The average Bonchev–Trinajstić information content (AvgIpc) is 3.52. The number of nitrogens with zero attached hydrogens (tertiary/aromatic N) is 3. The molecule has 166 valence electrons. The summed E-state index contributed by atoms with van der Waals surface area (Å²) in [6, 6.07) is 5.87. The topological polar surface area (TPSA) is 66.2 Å². The zero-order chi connectivity index (χ0) is 22.2. The second kappa shape index (κ2) is 8.88. The van der Waals surface area contributed by atoms with E-state index in [1.165, 1.54) is 10.4 Å². The molecule has 6 nitrogen and oxygen atoms in total. The molecule has 0 saturated heterocycles. The van der Waals surface area contributed by atoms with Crippen LogP contribution in [0.4, 0.5) is 0 Å². The van der Waals surface area contributed by atoms with Crippen molar-refractivity contribution in [3.63, 3.8) is 0 Å². The Kier molecular flexibility index (Phi) is 5.96. The molecule has 0 amide bonds. The Labute approximate surface area is 198 Å². The number of ether oxygens (including phenoxy) is 2. The molecule has 4 aromatic rings. The number of hydrogen-bond acceptors (Lipinski definition) is 8. The van der Waals surface area contributed by atoms with Crippen LogP contribution in [0.5, 0.6) is 11.5 Å². The number of benzene rings is 1. The van der Waals surface area contributed by atoms with Crippen molar-refractivity contribution < 1.29 is 9.47 Å². The maximum absolute atomic E-state index is 13.0. The van der Waals surface area contributed by atoms with Gasteiger partial charge in [0.1, 0.15) is 9.84 Å². The molecule has 0 fully saturated rings. The first-order chi connectivity index (χ1) is 15.6. The van der Waals surface area contributed by atoms with Gasteiger partial charge in [-0.15, -0.1) is 22.7 Å². The van der Waals surface area contributed by atoms with Gasteiger partial charge in [-0.25, -0.2) is 9.97 Å². The lowest BCUT2D eigenvalue weighted by Gasteiger charge is -2.10. The van der Waals surface area contributed by atoms with E-state index in [1.54, 1.807) is 46.1 Å². The van der Waals surface area contributed by atoms with Crippen LogP contribution in [-0.4, -0.2) is 28.3 Å². The number of thioether (sulfide) groups is 1. The smallest absolute Gasteiger partial charge is 0.262 e. The Hall–Kier alpha value is -2.36. The van der Waals surface area contributed by atoms with E-state index >= 15 is 0 Å². The standard InChI is InChI=1S/C23H23N3O3S3/c1-4-29-16-9-8-13(10-17(16)28-3)20-24-14(11-30-20)12-31-23-25-21-19(22(27)26(23)2)15-6-5-7-18(15)32-21/h8-11H,4-7,12H2,1-3H3. The van der Waals surface area contributed by atoms with Crippen molar-refractivity contribution in [2.75, 3.05) is 13.7 Å². The minimum atomic E-state index is 0.0670. The molecular formula is C23H23N3O3S3. The van der Waals surface area contributed by atoms with E-state index in [4.69, 9.17) is 19.4 Å². The molecule has 9 heteroatoms. The van der Waals surface area contributed by atoms with Crippen LogP contribution in [0.1, 0.15) is 29.5 Å². The number of hydrogen-bond donors (Lipinski definition) is 0. The third-order valence-electron chi connectivity index (χ3n) is 5.52. The van der Waals surface area contributed by atoms with Crippen LogP contribution in [0.3, 0.4) is 0 Å². The van der Waals surface area contributed by atoms with Crippen molar-refractivity contribution in [2.45, 2.75) is 37.1 Å². The third-order valence-corrected chi connectivity index (χ3v) is 8.71. The fourth-order valence-corrected chi connectivity index (χ4v) is 7.04. The molecule has 0 unspecified atom stereocenters. The second-order valence-electron chi connectivity index (χ2n) is 7.53. The SMILES string of the molecule is CCOc1ccc(-c2nc(CSc3nc4sc5c(c4c(=O)n3C)CCC5)cs2)cc1OC. The number of fused-ring (bicyclic) bond motifs is 3. The summed E-state index contributed by atoms with van der Waals surface area (Å²) in [5.41, 5.74) is 3.25. The van der Waals surface area contributed by atoms with Crippen molar-refractivity contribution >= 4 is 44.7 Å². The largest absolute Gasteiger partial charge is 0.493 e. The minimum absolute atomic E-state index is 0.0670. The number of rotatable bonds is 7. The molecule has 5 rings (SSSR count). The summed E-state index contributed by atoms with van der Waals surface area (Å²) in [6.07, 6.45) is 3.21. The summed E-state index contributed by atoms with van der Waals surface area (Å²) >= 11 is 4.83. The highest BCUT2D eigenvalue weighted by Crippen LogP contribution is 2.37. The minimum Gasteiger partial charge on any atom is -0.493 e. The molecule has 32 heavy (non-hydrogen) atoms. The highest BCUT2D eigenvalue weighted by molar-refractivity contribution is 7.98. The molecular weight excluding hydrogens is 462 g/mol. The van der Waals surface area contributed by atoms with Crippen molar-refractivity contribution in [1.82, 2.24) is 14.5 Å². The second-order valence-corrected chi connectivity index (χ2v) is 10.4. The van der Waals surface area contributed by atoms with Gasteiger partial charge in [-0.1, -0.05) is 11.8 Å². The van der Waals surface area contributed by atoms with Crippen LogP contribution in [0.25, 0.3) is 20.8 Å². The van der Waals surface area contributed by atoms with Crippen LogP contribution >= 0.6 is 34.4 Å². The summed E-state index contributed by atoms with van der Waals surface area (Å²) in [5.74, 6) is 2.08. The van der Waals surface area contributed by atoms with E-state index in [2.05, 4.69) is 5.38 Å². The predicted molar refractivity (Wildman–Crippen MR) is 132 cm³/mol. The predicted octanol–water partition coefficient (Wildman–Crippen LogP) is 5.31. The summed E-state index contributed by atoms with van der Waals surface area (Å²) in [5, 5.41) is 4.55. The first kappa shape index (κ1) is 21.5. The summed E-state index contributed by atoms with van der Waals surface area (Å²) < 4.78 is 12.7. The Morgan fingerprint density at radius 1 is 1.22 bits per heavy atom. The molecule has 1 aliphatic carbocycles. The number of thiophene rings is 1. The highest BCUT2D eigenvalue weighted by atomic mass is 32.2. The van der Waals surface area contributed by atoms with Gasteiger partial charge in [-0.3, -0.25) is 9.36 Å². The fourth-order valence-electron chi connectivity index (χ4n) is 3.95. The molecule has 3 aromatic heterocycles. The zero-order valence-electron chi connectivity index (χ0n) is 18.1. The van der Waals surface area contributed by atoms with E-state index in [-0.39, 0.29) is 5.56 Å². The lowest BCUT2D eigenvalue weighted by Crippen LogP contribution is -2.20. The maximum atomic E-state index is 13.0. The molecule has 0 atom stereocenters. The Balaban J connectivity index is 1.36. The van der Waals surface area contributed by atoms with E-state index in [0.29, 0.717) is 18.1 Å². The molecule has 0 bridgehead atoms. The van der Waals surface area contributed by atoms with Crippen molar-refractivity contribution in [3.05, 3.63) is 50.1 Å². The molecule has 1 aliphatic rings. The average molecular weight is 486 g/mol. The van der Waals surface area contributed by atoms with Crippen LogP contribution in [0.2, 0.25) is 0 Å². The van der Waals surface area contributed by atoms with Crippen LogP contribution in [0.15, 0.2) is 33.5 Å². The molecule has 0 saturated carbocycles.